The van der Waals surface area contributed by atoms with Crippen LogP contribution in [-0.4, -0.2) is 61.2 Å². The van der Waals surface area contributed by atoms with Crippen molar-refractivity contribution in [3.63, 3.8) is 0 Å². The van der Waals surface area contributed by atoms with Gasteiger partial charge in [-0.2, -0.15) is 0 Å². The van der Waals surface area contributed by atoms with Crippen LogP contribution in [0.5, 0.6) is 5.88 Å². The molecule has 0 aliphatic heterocycles. The van der Waals surface area contributed by atoms with Crippen LogP contribution in [0.1, 0.15) is 11.3 Å². The summed E-state index contributed by atoms with van der Waals surface area (Å²) in [7, 11) is 8.00. The minimum absolute atomic E-state index is 0.439. The minimum Gasteiger partial charge on any atom is -0.474 e. The Labute approximate surface area is 159 Å². The molecule has 0 aliphatic carbocycles. The van der Waals surface area contributed by atoms with E-state index in [-0.39, 0.29) is 0 Å². The van der Waals surface area contributed by atoms with Crippen LogP contribution in [0, 0.1) is 11.8 Å². The van der Waals surface area contributed by atoms with E-state index in [0.29, 0.717) is 29.3 Å². The fourth-order valence-corrected chi connectivity index (χ4v) is 2.38. The van der Waals surface area contributed by atoms with Crippen LogP contribution in [0.15, 0.2) is 42.6 Å². The van der Waals surface area contributed by atoms with Gasteiger partial charge in [0, 0.05) is 38.1 Å². The van der Waals surface area contributed by atoms with Gasteiger partial charge in [-0.15, -0.1) is 0 Å². The van der Waals surface area contributed by atoms with Crippen LogP contribution in [0.3, 0.4) is 0 Å². The first kappa shape index (κ1) is 18.6. The van der Waals surface area contributed by atoms with Crippen LogP contribution in [-0.2, 0) is 0 Å². The first-order valence-corrected chi connectivity index (χ1v) is 8.72. The smallest absolute Gasteiger partial charge is 0.249 e. The molecule has 0 saturated heterocycles. The second-order valence-corrected chi connectivity index (χ2v) is 6.57. The lowest BCUT2D eigenvalue weighted by Gasteiger charge is -2.12. The van der Waals surface area contributed by atoms with Crippen molar-refractivity contribution in [1.82, 2.24) is 19.9 Å². The second-order valence-electron chi connectivity index (χ2n) is 6.57. The first-order chi connectivity index (χ1) is 13.0. The van der Waals surface area contributed by atoms with Crippen LogP contribution >= 0.6 is 0 Å². The highest BCUT2D eigenvalue weighted by molar-refractivity contribution is 5.71. The summed E-state index contributed by atoms with van der Waals surface area (Å²) in [5, 5.41) is 0. The van der Waals surface area contributed by atoms with Gasteiger partial charge < -0.3 is 14.5 Å². The molecule has 27 heavy (non-hydrogen) atoms. The lowest BCUT2D eigenvalue weighted by atomic mass is 10.2. The lowest BCUT2D eigenvalue weighted by Crippen LogP contribution is -2.20. The van der Waals surface area contributed by atoms with Gasteiger partial charge in [-0.05, 0) is 50.3 Å². The highest BCUT2D eigenvalue weighted by atomic mass is 16.5. The normalized spacial score (nSPS) is 10.6. The highest BCUT2D eigenvalue weighted by Crippen LogP contribution is 2.18. The molecule has 0 N–H and O–H groups in total. The molecule has 0 spiro atoms. The molecular formula is C21H23N5O. The number of hydrogen-bond donors (Lipinski definition) is 0. The van der Waals surface area contributed by atoms with Crippen molar-refractivity contribution in [3.8, 4) is 17.7 Å². The number of aromatic nitrogens is 3. The maximum Gasteiger partial charge on any atom is 0.249 e. The third kappa shape index (κ3) is 4.93. The molecule has 138 valence electrons. The van der Waals surface area contributed by atoms with Crippen LogP contribution in [0.25, 0.3) is 11.2 Å². The summed E-state index contributed by atoms with van der Waals surface area (Å²) in [6.07, 6.45) is 1.70. The van der Waals surface area contributed by atoms with E-state index < -0.39 is 0 Å². The van der Waals surface area contributed by atoms with Gasteiger partial charge >= 0.3 is 0 Å². The Hall–Kier alpha value is -3.17. The topological polar surface area (TPSA) is 54.4 Å². The van der Waals surface area contributed by atoms with E-state index in [0.717, 1.165) is 17.8 Å². The number of likely N-dealkylation sites (N-methyl/N-ethyl adjacent to an activating group) is 1. The Kier molecular flexibility index (Phi) is 5.84. The molecule has 0 unspecified atom stereocenters. The zero-order chi connectivity index (χ0) is 19.2. The number of nitrogens with zero attached hydrogens (tertiary/aromatic N) is 5. The Balaban J connectivity index is 1.95. The quantitative estimate of drug-likeness (QED) is 0.651. The summed E-state index contributed by atoms with van der Waals surface area (Å²) in [5.41, 5.74) is 3.75. The first-order valence-electron chi connectivity index (χ1n) is 8.72. The summed E-state index contributed by atoms with van der Waals surface area (Å²) >= 11 is 0. The Bertz CT molecular complexity index is 989. The van der Waals surface area contributed by atoms with Gasteiger partial charge in [0.25, 0.3) is 0 Å². The van der Waals surface area contributed by atoms with Crippen LogP contribution in [0.4, 0.5) is 5.69 Å². The summed E-state index contributed by atoms with van der Waals surface area (Å²) in [4.78, 5) is 17.5. The zero-order valence-corrected chi connectivity index (χ0v) is 16.1. The van der Waals surface area contributed by atoms with Gasteiger partial charge in [-0.1, -0.05) is 12.0 Å². The molecule has 1 aromatic carbocycles. The van der Waals surface area contributed by atoms with Crippen molar-refractivity contribution in [2.75, 3.05) is 46.2 Å². The molecule has 0 amide bonds. The van der Waals surface area contributed by atoms with Crippen molar-refractivity contribution in [3.05, 3.63) is 53.9 Å². The largest absolute Gasteiger partial charge is 0.474 e. The maximum atomic E-state index is 5.85. The Morgan fingerprint density at radius 2 is 1.85 bits per heavy atom. The predicted octanol–water partition coefficient (Wildman–Crippen LogP) is 2.43. The molecular weight excluding hydrogens is 338 g/mol. The van der Waals surface area contributed by atoms with Gasteiger partial charge in [0.2, 0.25) is 5.88 Å². The van der Waals surface area contributed by atoms with E-state index in [1.165, 1.54) is 0 Å². The molecule has 0 saturated carbocycles. The second kappa shape index (κ2) is 8.47. The number of pyridine rings is 1. The van der Waals surface area contributed by atoms with Crippen LogP contribution in [0.2, 0.25) is 0 Å². The molecule has 6 heteroatoms. The SMILES string of the molecule is CN(C)CCOc1nc2cccnc2nc1C#Cc1cccc(N(C)C)c1. The van der Waals surface area contributed by atoms with E-state index in [1.54, 1.807) is 6.20 Å². The van der Waals surface area contributed by atoms with E-state index in [9.17, 15) is 0 Å². The average molecular weight is 361 g/mol. The molecule has 3 rings (SSSR count). The van der Waals surface area contributed by atoms with E-state index in [4.69, 9.17) is 4.74 Å². The van der Waals surface area contributed by atoms with Gasteiger partial charge in [0.15, 0.2) is 11.3 Å². The molecule has 0 bridgehead atoms. The lowest BCUT2D eigenvalue weighted by molar-refractivity contribution is 0.253. The number of hydrogen-bond acceptors (Lipinski definition) is 6. The molecule has 0 radical (unpaired) electrons. The summed E-state index contributed by atoms with van der Waals surface area (Å²) in [5.74, 6) is 6.71. The van der Waals surface area contributed by atoms with E-state index in [1.807, 2.05) is 74.4 Å². The molecule has 3 aromatic rings. The molecule has 0 aliphatic rings. The predicted molar refractivity (Wildman–Crippen MR) is 108 cm³/mol. The number of anilines is 1. The van der Waals surface area contributed by atoms with Crippen molar-refractivity contribution in [2.45, 2.75) is 0 Å². The zero-order valence-electron chi connectivity index (χ0n) is 16.1. The Morgan fingerprint density at radius 1 is 1.00 bits per heavy atom. The van der Waals surface area contributed by atoms with Crippen molar-refractivity contribution >= 4 is 16.9 Å². The number of benzene rings is 1. The van der Waals surface area contributed by atoms with Crippen molar-refractivity contribution in [2.24, 2.45) is 0 Å². The van der Waals surface area contributed by atoms with E-state index >= 15 is 0 Å². The summed E-state index contributed by atoms with van der Waals surface area (Å²) in [6.45, 7) is 1.29. The number of rotatable bonds is 5. The minimum atomic E-state index is 0.439. The molecule has 0 atom stereocenters. The van der Waals surface area contributed by atoms with Gasteiger partial charge in [0.1, 0.15) is 12.1 Å². The van der Waals surface area contributed by atoms with Crippen molar-refractivity contribution < 1.29 is 4.74 Å². The monoisotopic (exact) mass is 361 g/mol. The summed E-state index contributed by atoms with van der Waals surface area (Å²) in [6, 6.07) is 11.7. The molecule has 2 aromatic heterocycles. The van der Waals surface area contributed by atoms with E-state index in [2.05, 4.69) is 26.8 Å². The van der Waals surface area contributed by atoms with Crippen LogP contribution < -0.4 is 9.64 Å². The number of fused-ring (bicyclic) bond motifs is 1. The Morgan fingerprint density at radius 3 is 2.63 bits per heavy atom. The van der Waals surface area contributed by atoms with Gasteiger partial charge in [-0.25, -0.2) is 15.0 Å². The molecule has 0 fully saturated rings. The van der Waals surface area contributed by atoms with Crippen molar-refractivity contribution in [1.29, 1.82) is 0 Å². The average Bonchev–Trinajstić information content (AvgIpc) is 2.66. The standard InChI is InChI=1S/C21H23N5O/c1-25(2)13-14-27-21-19(23-20-18(24-21)9-6-12-22-20)11-10-16-7-5-8-17(15-16)26(3)4/h5-9,12,15H,13-14H2,1-4H3. The highest BCUT2D eigenvalue weighted by Gasteiger charge is 2.09. The van der Waals surface area contributed by atoms with Gasteiger partial charge in [0.05, 0.1) is 0 Å². The maximum absolute atomic E-state index is 5.85. The molecule has 2 heterocycles. The fourth-order valence-electron chi connectivity index (χ4n) is 2.38. The molecule has 6 nitrogen and oxygen atoms in total. The third-order valence-electron chi connectivity index (χ3n) is 3.87. The number of ether oxygens (including phenoxy) is 1. The fraction of sp³-hybridized carbons (Fsp3) is 0.286. The van der Waals surface area contributed by atoms with Gasteiger partial charge in [-0.3, -0.25) is 0 Å². The third-order valence-corrected chi connectivity index (χ3v) is 3.87. The summed E-state index contributed by atoms with van der Waals surface area (Å²) < 4.78 is 5.85.